The van der Waals surface area contributed by atoms with E-state index in [4.69, 9.17) is 32.5 Å². The molecule has 0 fully saturated rings. The van der Waals surface area contributed by atoms with E-state index < -0.39 is 91.4 Å². The second kappa shape index (κ2) is 17.1. The first-order valence-electron chi connectivity index (χ1n) is 11.2. The summed E-state index contributed by atoms with van der Waals surface area (Å²) in [6.07, 6.45) is -2.76. The fraction of sp³-hybridized carbons (Fsp3) is 0.600. The van der Waals surface area contributed by atoms with Crippen molar-refractivity contribution in [2.24, 2.45) is 22.2 Å². The Morgan fingerprint density at radius 3 is 1.66 bits per heavy atom. The molecule has 4 unspecified atom stereocenters. The van der Waals surface area contributed by atoms with Crippen molar-refractivity contribution in [3.63, 3.8) is 0 Å². The van der Waals surface area contributed by atoms with Crippen LogP contribution in [-0.2, 0) is 33.6 Å². The largest absolute Gasteiger partial charge is 0.481 e. The Morgan fingerprint density at radius 1 is 0.658 bits per heavy atom. The molecule has 0 aliphatic heterocycles. The third kappa shape index (κ3) is 14.8. The Hall–Kier alpha value is -4.48. The van der Waals surface area contributed by atoms with Crippen molar-refractivity contribution < 1.29 is 54.0 Å². The van der Waals surface area contributed by atoms with E-state index in [1.807, 2.05) is 5.32 Å². The zero-order valence-electron chi connectivity index (χ0n) is 20.3. The highest BCUT2D eigenvalue weighted by Crippen LogP contribution is 2.05. The number of carbonyl (C=O) groups excluding carboxylic acids is 3. The summed E-state index contributed by atoms with van der Waals surface area (Å²) in [6, 6.07) is -6.18. The first kappa shape index (κ1) is 33.5. The van der Waals surface area contributed by atoms with Gasteiger partial charge in [-0.05, 0) is 25.7 Å². The molecule has 38 heavy (non-hydrogen) atoms. The molecule has 0 saturated heterocycles. The molecule has 0 aromatic carbocycles. The van der Waals surface area contributed by atoms with Crippen LogP contribution >= 0.6 is 0 Å². The first-order chi connectivity index (χ1) is 17.6. The van der Waals surface area contributed by atoms with Gasteiger partial charge in [0.05, 0.1) is 12.5 Å². The molecule has 0 aliphatic rings. The molecule has 3 amide bonds. The number of guanidine groups is 1. The van der Waals surface area contributed by atoms with Gasteiger partial charge in [0.2, 0.25) is 17.7 Å². The number of aliphatic imine (C=N–C) groups is 1. The molecular formula is C20H33N7O11. The van der Waals surface area contributed by atoms with Crippen molar-refractivity contribution in [1.29, 1.82) is 0 Å². The number of amides is 3. The van der Waals surface area contributed by atoms with Crippen LogP contribution in [0.15, 0.2) is 4.99 Å². The monoisotopic (exact) mass is 547 g/mol. The fourth-order valence-electron chi connectivity index (χ4n) is 2.91. The van der Waals surface area contributed by atoms with Gasteiger partial charge < -0.3 is 53.6 Å². The summed E-state index contributed by atoms with van der Waals surface area (Å²) in [5.41, 5.74) is 16.1. The summed E-state index contributed by atoms with van der Waals surface area (Å²) < 4.78 is 0. The molecule has 0 radical (unpaired) electrons. The molecular weight excluding hydrogens is 514 g/mol. The number of carboxylic acid groups (broad SMARTS) is 4. The van der Waals surface area contributed by atoms with Crippen molar-refractivity contribution in [2.75, 3.05) is 6.54 Å². The zero-order chi connectivity index (χ0) is 29.4. The van der Waals surface area contributed by atoms with Crippen LogP contribution in [0, 0.1) is 0 Å². The molecule has 0 aliphatic carbocycles. The Balaban J connectivity index is 5.65. The predicted molar refractivity (Wildman–Crippen MR) is 127 cm³/mol. The van der Waals surface area contributed by atoms with Crippen LogP contribution in [-0.4, -0.2) is 98.7 Å². The maximum absolute atomic E-state index is 12.9. The first-order valence-corrected chi connectivity index (χ1v) is 11.2. The van der Waals surface area contributed by atoms with Crippen LogP contribution in [0.3, 0.4) is 0 Å². The van der Waals surface area contributed by atoms with E-state index in [0.29, 0.717) is 0 Å². The molecule has 18 heteroatoms. The Labute approximate surface area is 216 Å². The number of carboxylic acids is 4. The number of nitrogens with one attached hydrogen (secondary N) is 3. The van der Waals surface area contributed by atoms with E-state index in [1.54, 1.807) is 0 Å². The lowest BCUT2D eigenvalue weighted by molar-refractivity contribution is -0.144. The van der Waals surface area contributed by atoms with E-state index >= 15 is 0 Å². The van der Waals surface area contributed by atoms with E-state index in [0.717, 1.165) is 0 Å². The van der Waals surface area contributed by atoms with Crippen molar-refractivity contribution in [2.45, 2.75) is 69.1 Å². The molecule has 0 spiro atoms. The SMILES string of the molecule is NC(N)=NCCCC(NC(=O)C(N)CCC(=O)O)C(=O)NC(CC(=O)O)C(=O)NC(CCC(=O)O)C(=O)O. The van der Waals surface area contributed by atoms with E-state index in [-0.39, 0.29) is 31.8 Å². The number of hydrogen-bond donors (Lipinski definition) is 10. The van der Waals surface area contributed by atoms with Crippen molar-refractivity contribution in [3.05, 3.63) is 0 Å². The summed E-state index contributed by atoms with van der Waals surface area (Å²) in [5.74, 6) is -9.04. The summed E-state index contributed by atoms with van der Waals surface area (Å²) >= 11 is 0. The summed E-state index contributed by atoms with van der Waals surface area (Å²) in [6.45, 7) is 0.0377. The fourth-order valence-corrected chi connectivity index (χ4v) is 2.91. The second-order valence-corrected chi connectivity index (χ2v) is 8.04. The molecule has 0 rings (SSSR count). The maximum Gasteiger partial charge on any atom is 0.326 e. The number of hydrogen-bond acceptors (Lipinski definition) is 9. The van der Waals surface area contributed by atoms with Crippen LogP contribution in [0.5, 0.6) is 0 Å². The Morgan fingerprint density at radius 2 is 1.16 bits per heavy atom. The van der Waals surface area contributed by atoms with Gasteiger partial charge in [-0.2, -0.15) is 0 Å². The minimum Gasteiger partial charge on any atom is -0.481 e. The lowest BCUT2D eigenvalue weighted by Crippen LogP contribution is -2.57. The van der Waals surface area contributed by atoms with Crippen LogP contribution < -0.4 is 33.2 Å². The minimum absolute atomic E-state index is 0.0377. The molecule has 214 valence electrons. The van der Waals surface area contributed by atoms with E-state index in [1.165, 1.54) is 0 Å². The second-order valence-electron chi connectivity index (χ2n) is 8.04. The van der Waals surface area contributed by atoms with Gasteiger partial charge in [-0.3, -0.25) is 33.8 Å². The van der Waals surface area contributed by atoms with Gasteiger partial charge in [-0.1, -0.05) is 0 Å². The van der Waals surface area contributed by atoms with Crippen molar-refractivity contribution >= 4 is 47.6 Å². The Kier molecular flexibility index (Phi) is 15.0. The number of aliphatic carboxylic acids is 4. The molecule has 0 aromatic heterocycles. The zero-order valence-corrected chi connectivity index (χ0v) is 20.3. The predicted octanol–water partition coefficient (Wildman–Crippen LogP) is -3.89. The van der Waals surface area contributed by atoms with Crippen LogP contribution in [0.4, 0.5) is 0 Å². The van der Waals surface area contributed by atoms with Crippen LogP contribution in [0.1, 0.15) is 44.9 Å². The number of rotatable bonds is 19. The molecule has 0 saturated carbocycles. The van der Waals surface area contributed by atoms with Crippen LogP contribution in [0.25, 0.3) is 0 Å². The van der Waals surface area contributed by atoms with Gasteiger partial charge in [0, 0.05) is 19.4 Å². The summed E-state index contributed by atoms with van der Waals surface area (Å²) in [4.78, 5) is 85.7. The lowest BCUT2D eigenvalue weighted by atomic mass is 10.1. The highest BCUT2D eigenvalue weighted by atomic mass is 16.4. The Bertz CT molecular complexity index is 921. The highest BCUT2D eigenvalue weighted by Gasteiger charge is 2.31. The lowest BCUT2D eigenvalue weighted by Gasteiger charge is -2.24. The van der Waals surface area contributed by atoms with Gasteiger partial charge in [0.1, 0.15) is 18.1 Å². The molecule has 18 nitrogen and oxygen atoms in total. The maximum atomic E-state index is 12.9. The van der Waals surface area contributed by atoms with Crippen molar-refractivity contribution in [3.8, 4) is 0 Å². The standard InChI is InChI=1S/C20H33N7O11/c21-9(3-5-13(28)29)16(34)25-10(2-1-7-24-20(22)23)17(35)27-12(8-15(32)33)18(36)26-11(19(37)38)4-6-14(30)31/h9-12H,1-8,21H2,(H,25,34)(H,26,36)(H,27,35)(H,28,29)(H,30,31)(H,32,33)(H,37,38)(H4,22,23,24). The summed E-state index contributed by atoms with van der Waals surface area (Å²) in [5, 5.41) is 42.3. The third-order valence-corrected chi connectivity index (χ3v) is 4.86. The van der Waals surface area contributed by atoms with Gasteiger partial charge in [0.25, 0.3) is 0 Å². The van der Waals surface area contributed by atoms with E-state index in [2.05, 4.69) is 15.6 Å². The molecule has 4 atom stereocenters. The highest BCUT2D eigenvalue weighted by molar-refractivity contribution is 5.95. The van der Waals surface area contributed by atoms with Gasteiger partial charge in [-0.15, -0.1) is 0 Å². The molecule has 0 heterocycles. The van der Waals surface area contributed by atoms with Gasteiger partial charge in [0.15, 0.2) is 5.96 Å². The molecule has 0 bridgehead atoms. The number of carbonyl (C=O) groups is 7. The van der Waals surface area contributed by atoms with Gasteiger partial charge >= 0.3 is 23.9 Å². The van der Waals surface area contributed by atoms with Crippen molar-refractivity contribution in [1.82, 2.24) is 16.0 Å². The average Bonchev–Trinajstić information content (AvgIpc) is 2.80. The third-order valence-electron chi connectivity index (χ3n) is 4.86. The quantitative estimate of drug-likeness (QED) is 0.0420. The number of nitrogens with zero attached hydrogens (tertiary/aromatic N) is 1. The van der Waals surface area contributed by atoms with E-state index in [9.17, 15) is 38.7 Å². The number of nitrogens with two attached hydrogens (primary N) is 3. The molecule has 13 N–H and O–H groups in total. The normalized spacial score (nSPS) is 13.6. The summed E-state index contributed by atoms with van der Waals surface area (Å²) in [7, 11) is 0. The van der Waals surface area contributed by atoms with Gasteiger partial charge in [-0.25, -0.2) is 4.79 Å². The molecule has 0 aromatic rings. The minimum atomic E-state index is -1.80. The topological polar surface area (TPSA) is 327 Å². The average molecular weight is 548 g/mol. The smallest absolute Gasteiger partial charge is 0.326 e. The van der Waals surface area contributed by atoms with Crippen LogP contribution in [0.2, 0.25) is 0 Å².